The van der Waals surface area contributed by atoms with E-state index in [-0.39, 0.29) is 10.9 Å². The molecule has 0 atom stereocenters. The normalized spacial score (nSPS) is 10.9. The molecule has 0 radical (unpaired) electrons. The summed E-state index contributed by atoms with van der Waals surface area (Å²) < 4.78 is 24.9. The number of hydrogen-bond donors (Lipinski definition) is 2. The van der Waals surface area contributed by atoms with Crippen molar-refractivity contribution >= 4 is 15.9 Å². The number of alkyl halides is 3. The molecule has 6 heteroatoms. The zero-order valence-corrected chi connectivity index (χ0v) is 8.64. The van der Waals surface area contributed by atoms with Crippen molar-refractivity contribution in [2.75, 3.05) is 0 Å². The summed E-state index contributed by atoms with van der Waals surface area (Å²) in [4.78, 5) is 13.6. The van der Waals surface area contributed by atoms with Crippen LogP contribution in [0.1, 0.15) is 23.2 Å². The van der Waals surface area contributed by atoms with Gasteiger partial charge in [-0.3, -0.25) is 4.79 Å². The first-order valence-electron chi connectivity index (χ1n) is 3.80. The van der Waals surface area contributed by atoms with Crippen molar-refractivity contribution < 1.29 is 13.9 Å². The van der Waals surface area contributed by atoms with Crippen LogP contribution >= 0.6 is 15.9 Å². The first-order chi connectivity index (χ1) is 6.60. The molecule has 0 fully saturated rings. The zero-order chi connectivity index (χ0) is 10.7. The summed E-state index contributed by atoms with van der Waals surface area (Å²) in [5.41, 5.74) is -0.988. The monoisotopic (exact) mass is 267 g/mol. The van der Waals surface area contributed by atoms with Gasteiger partial charge in [-0.15, -0.1) is 0 Å². The Balaban J connectivity index is 3.36. The zero-order valence-electron chi connectivity index (χ0n) is 7.06. The van der Waals surface area contributed by atoms with Crippen molar-refractivity contribution in [2.24, 2.45) is 0 Å². The van der Waals surface area contributed by atoms with Crippen LogP contribution in [0.3, 0.4) is 0 Å². The fourth-order valence-corrected chi connectivity index (χ4v) is 1.40. The summed E-state index contributed by atoms with van der Waals surface area (Å²) >= 11 is 3.04. The highest BCUT2D eigenvalue weighted by Crippen LogP contribution is 2.21. The summed E-state index contributed by atoms with van der Waals surface area (Å²) in [5, 5.41) is 9.03. The highest BCUT2D eigenvalue weighted by Gasteiger charge is 2.16. The van der Waals surface area contributed by atoms with Crippen molar-refractivity contribution in [3.05, 3.63) is 33.2 Å². The number of aliphatic hydroxyl groups is 1. The minimum Gasteiger partial charge on any atom is -0.391 e. The summed E-state index contributed by atoms with van der Waals surface area (Å²) in [6, 6.07) is 1.17. The van der Waals surface area contributed by atoms with E-state index in [0.29, 0.717) is 5.69 Å². The van der Waals surface area contributed by atoms with Crippen molar-refractivity contribution in [3.63, 3.8) is 0 Å². The van der Waals surface area contributed by atoms with Crippen LogP contribution in [0.4, 0.5) is 8.78 Å². The van der Waals surface area contributed by atoms with Gasteiger partial charge in [0.25, 0.3) is 12.0 Å². The molecule has 0 bridgehead atoms. The Morgan fingerprint density at radius 3 is 2.64 bits per heavy atom. The van der Waals surface area contributed by atoms with Gasteiger partial charge in [0.1, 0.15) is 0 Å². The standard InChI is InChI=1S/C8H8BrF2NO2/c9-2-4-1-5(7(10)11)6(3-13)8(14)12-4/h1,7,13H,2-3H2,(H,12,14). The van der Waals surface area contributed by atoms with Crippen LogP contribution < -0.4 is 5.56 Å². The summed E-state index contributed by atoms with van der Waals surface area (Å²) in [6.45, 7) is -0.683. The van der Waals surface area contributed by atoms with Crippen LogP contribution in [0.15, 0.2) is 10.9 Å². The molecule has 78 valence electrons. The molecule has 0 aromatic carbocycles. The second-order valence-electron chi connectivity index (χ2n) is 2.65. The highest BCUT2D eigenvalue weighted by molar-refractivity contribution is 9.08. The number of halogens is 3. The molecule has 2 N–H and O–H groups in total. The van der Waals surface area contributed by atoms with E-state index in [2.05, 4.69) is 20.9 Å². The molecule has 0 amide bonds. The minimum atomic E-state index is -2.75. The largest absolute Gasteiger partial charge is 0.391 e. The maximum Gasteiger partial charge on any atom is 0.264 e. The Labute approximate surface area is 86.9 Å². The number of aliphatic hydroxyl groups excluding tert-OH is 1. The number of H-pyrrole nitrogens is 1. The Hall–Kier alpha value is -0.750. The smallest absolute Gasteiger partial charge is 0.264 e. The van der Waals surface area contributed by atoms with Gasteiger partial charge >= 0.3 is 0 Å². The first kappa shape index (κ1) is 11.3. The molecule has 0 spiro atoms. The lowest BCUT2D eigenvalue weighted by Gasteiger charge is -2.06. The van der Waals surface area contributed by atoms with Crippen LogP contribution in [0.25, 0.3) is 0 Å². The fourth-order valence-electron chi connectivity index (χ4n) is 1.09. The van der Waals surface area contributed by atoms with Gasteiger partial charge in [0.05, 0.1) is 12.2 Å². The maximum absolute atomic E-state index is 12.4. The van der Waals surface area contributed by atoms with Crippen molar-refractivity contribution in [2.45, 2.75) is 18.4 Å². The lowest BCUT2D eigenvalue weighted by molar-refractivity contribution is 0.146. The number of aromatic nitrogens is 1. The first-order valence-corrected chi connectivity index (χ1v) is 4.92. The minimum absolute atomic E-state index is 0.273. The maximum atomic E-state index is 12.4. The summed E-state index contributed by atoms with van der Waals surface area (Å²) in [7, 11) is 0. The molecule has 14 heavy (non-hydrogen) atoms. The third-order valence-corrected chi connectivity index (χ3v) is 2.37. The molecule has 0 unspecified atom stereocenters. The lowest BCUT2D eigenvalue weighted by Crippen LogP contribution is -2.17. The lowest BCUT2D eigenvalue weighted by atomic mass is 10.1. The SMILES string of the molecule is O=c1[nH]c(CBr)cc(C(F)F)c1CO. The number of nitrogens with one attached hydrogen (secondary N) is 1. The summed E-state index contributed by atoms with van der Waals surface area (Å²) in [5.74, 6) is 0. The van der Waals surface area contributed by atoms with Crippen molar-refractivity contribution in [1.82, 2.24) is 4.98 Å². The van der Waals surface area contributed by atoms with Gasteiger partial charge in [-0.1, -0.05) is 15.9 Å². The van der Waals surface area contributed by atoms with Crippen LogP contribution in [-0.2, 0) is 11.9 Å². The van der Waals surface area contributed by atoms with E-state index >= 15 is 0 Å². The van der Waals surface area contributed by atoms with Gasteiger partial charge in [0.2, 0.25) is 0 Å². The van der Waals surface area contributed by atoms with Crippen LogP contribution in [0, 0.1) is 0 Å². The van der Waals surface area contributed by atoms with Gasteiger partial charge in [-0.2, -0.15) is 0 Å². The molecule has 0 aliphatic rings. The molecule has 1 rings (SSSR count). The quantitative estimate of drug-likeness (QED) is 0.820. The Kier molecular flexibility index (Phi) is 3.77. The van der Waals surface area contributed by atoms with Crippen LogP contribution in [0.5, 0.6) is 0 Å². The highest BCUT2D eigenvalue weighted by atomic mass is 79.9. The van der Waals surface area contributed by atoms with E-state index in [1.165, 1.54) is 6.07 Å². The summed E-state index contributed by atoms with van der Waals surface area (Å²) in [6.07, 6.45) is -2.75. The van der Waals surface area contributed by atoms with E-state index in [0.717, 1.165) is 0 Å². The number of hydrogen-bond acceptors (Lipinski definition) is 2. The van der Waals surface area contributed by atoms with Crippen LogP contribution in [-0.4, -0.2) is 10.1 Å². The van der Waals surface area contributed by atoms with E-state index in [9.17, 15) is 13.6 Å². The third kappa shape index (κ3) is 2.19. The Morgan fingerprint density at radius 2 is 2.21 bits per heavy atom. The van der Waals surface area contributed by atoms with Gasteiger partial charge in [-0.25, -0.2) is 8.78 Å². The molecule has 1 aromatic rings. The topological polar surface area (TPSA) is 53.1 Å². The molecule has 0 saturated heterocycles. The Morgan fingerprint density at radius 1 is 1.57 bits per heavy atom. The van der Waals surface area contributed by atoms with E-state index < -0.39 is 24.2 Å². The van der Waals surface area contributed by atoms with Gasteiger partial charge in [0.15, 0.2) is 0 Å². The number of rotatable bonds is 3. The molecule has 0 aliphatic heterocycles. The van der Waals surface area contributed by atoms with Gasteiger partial charge < -0.3 is 10.1 Å². The molecular weight excluding hydrogens is 260 g/mol. The molecule has 0 aliphatic carbocycles. The molecule has 1 aromatic heterocycles. The van der Waals surface area contributed by atoms with E-state index in [1.54, 1.807) is 0 Å². The van der Waals surface area contributed by atoms with E-state index in [1.807, 2.05) is 0 Å². The fraction of sp³-hybridized carbons (Fsp3) is 0.375. The molecular formula is C8H8BrF2NO2. The second-order valence-corrected chi connectivity index (χ2v) is 3.21. The second kappa shape index (κ2) is 4.65. The van der Waals surface area contributed by atoms with Gasteiger partial charge in [0, 0.05) is 16.6 Å². The molecule has 0 saturated carbocycles. The number of aromatic amines is 1. The Bertz CT molecular complexity index is 378. The molecule has 3 nitrogen and oxygen atoms in total. The van der Waals surface area contributed by atoms with Crippen LogP contribution in [0.2, 0.25) is 0 Å². The average Bonchev–Trinajstić information content (AvgIpc) is 2.16. The predicted octanol–water partition coefficient (Wildman–Crippen LogP) is 1.70. The predicted molar refractivity (Wildman–Crippen MR) is 50.6 cm³/mol. The van der Waals surface area contributed by atoms with Crippen molar-refractivity contribution in [3.8, 4) is 0 Å². The van der Waals surface area contributed by atoms with Gasteiger partial charge in [-0.05, 0) is 6.07 Å². The molecule has 1 heterocycles. The number of pyridine rings is 1. The van der Waals surface area contributed by atoms with Crippen molar-refractivity contribution in [1.29, 1.82) is 0 Å². The third-order valence-electron chi connectivity index (χ3n) is 1.76. The van der Waals surface area contributed by atoms with E-state index in [4.69, 9.17) is 5.11 Å². The average molecular weight is 268 g/mol.